The highest BCUT2D eigenvalue weighted by molar-refractivity contribution is 7.92. The molecule has 34 heavy (non-hydrogen) atoms. The number of carbonyl (C=O) groups excluding carboxylic acids is 1. The average Bonchev–Trinajstić information content (AvgIpc) is 3.35. The van der Waals surface area contributed by atoms with E-state index in [0.29, 0.717) is 16.8 Å². The number of rotatable bonds is 7. The SMILES string of the molecule is O=C(Nc1ccc(S(=O)(=O)Nc2ccccc2Cl)cc1)/C(=C/c1ccc(F)cc1)c1cccs1. The lowest BCUT2D eigenvalue weighted by atomic mass is 10.1. The summed E-state index contributed by atoms with van der Waals surface area (Å²) in [6, 6.07) is 21.8. The normalized spacial score (nSPS) is 11.8. The lowest BCUT2D eigenvalue weighted by Gasteiger charge is -2.11. The summed E-state index contributed by atoms with van der Waals surface area (Å²) >= 11 is 7.44. The van der Waals surface area contributed by atoms with Crippen LogP contribution < -0.4 is 10.0 Å². The number of amides is 1. The molecule has 0 saturated carbocycles. The van der Waals surface area contributed by atoms with Crippen molar-refractivity contribution in [2.24, 2.45) is 0 Å². The number of para-hydroxylation sites is 1. The molecule has 0 aliphatic carbocycles. The van der Waals surface area contributed by atoms with Gasteiger partial charge < -0.3 is 5.32 Å². The molecule has 1 aromatic heterocycles. The number of nitrogens with one attached hydrogen (secondary N) is 2. The highest BCUT2D eigenvalue weighted by Gasteiger charge is 2.17. The summed E-state index contributed by atoms with van der Waals surface area (Å²) in [6.45, 7) is 0. The fourth-order valence-corrected chi connectivity index (χ4v) is 5.13. The predicted octanol–water partition coefficient (Wildman–Crippen LogP) is 6.52. The lowest BCUT2D eigenvalue weighted by molar-refractivity contribution is -0.111. The largest absolute Gasteiger partial charge is 0.322 e. The topological polar surface area (TPSA) is 75.3 Å². The van der Waals surface area contributed by atoms with E-state index < -0.39 is 10.0 Å². The molecule has 4 rings (SSSR count). The van der Waals surface area contributed by atoms with Gasteiger partial charge in [0.1, 0.15) is 5.82 Å². The van der Waals surface area contributed by atoms with E-state index in [4.69, 9.17) is 11.6 Å². The van der Waals surface area contributed by atoms with Crippen LogP contribution in [-0.2, 0) is 14.8 Å². The zero-order chi connectivity index (χ0) is 24.1. The van der Waals surface area contributed by atoms with Crippen molar-refractivity contribution in [2.75, 3.05) is 10.0 Å². The van der Waals surface area contributed by atoms with E-state index in [1.165, 1.54) is 47.7 Å². The van der Waals surface area contributed by atoms with Crippen LogP contribution in [0, 0.1) is 5.82 Å². The molecule has 0 bridgehead atoms. The van der Waals surface area contributed by atoms with Gasteiger partial charge in [0, 0.05) is 10.6 Å². The first kappa shape index (κ1) is 23.7. The van der Waals surface area contributed by atoms with Crippen LogP contribution in [0.15, 0.2) is 95.2 Å². The van der Waals surface area contributed by atoms with Gasteiger partial charge in [-0.15, -0.1) is 11.3 Å². The van der Waals surface area contributed by atoms with Gasteiger partial charge in [0.2, 0.25) is 0 Å². The molecule has 4 aromatic rings. The van der Waals surface area contributed by atoms with Gasteiger partial charge in [0.25, 0.3) is 15.9 Å². The highest BCUT2D eigenvalue weighted by atomic mass is 35.5. The van der Waals surface area contributed by atoms with Crippen LogP contribution in [0.3, 0.4) is 0 Å². The molecule has 0 fully saturated rings. The number of hydrogen-bond donors (Lipinski definition) is 2. The van der Waals surface area contributed by atoms with Crippen molar-refractivity contribution in [3.63, 3.8) is 0 Å². The fourth-order valence-electron chi connectivity index (χ4n) is 3.07. The Morgan fingerprint density at radius 2 is 1.62 bits per heavy atom. The van der Waals surface area contributed by atoms with Crippen LogP contribution >= 0.6 is 22.9 Å². The van der Waals surface area contributed by atoms with E-state index in [-0.39, 0.29) is 27.3 Å². The number of anilines is 2. The van der Waals surface area contributed by atoms with Crippen LogP contribution in [0.1, 0.15) is 10.4 Å². The molecule has 0 atom stereocenters. The van der Waals surface area contributed by atoms with Crippen molar-refractivity contribution in [1.82, 2.24) is 0 Å². The van der Waals surface area contributed by atoms with Gasteiger partial charge in [-0.2, -0.15) is 0 Å². The van der Waals surface area contributed by atoms with Crippen molar-refractivity contribution in [3.8, 4) is 0 Å². The second-order valence-corrected chi connectivity index (χ2v) is 10.2. The van der Waals surface area contributed by atoms with Gasteiger partial charge in [-0.25, -0.2) is 12.8 Å². The summed E-state index contributed by atoms with van der Waals surface area (Å²) in [5.74, 6) is -0.741. The van der Waals surface area contributed by atoms with Gasteiger partial charge in [-0.05, 0) is 71.6 Å². The maximum absolute atomic E-state index is 13.3. The van der Waals surface area contributed by atoms with Gasteiger partial charge >= 0.3 is 0 Å². The number of thiophene rings is 1. The number of benzene rings is 3. The summed E-state index contributed by atoms with van der Waals surface area (Å²) in [4.78, 5) is 13.8. The van der Waals surface area contributed by atoms with Crippen molar-refractivity contribution in [2.45, 2.75) is 4.90 Å². The quantitative estimate of drug-likeness (QED) is 0.277. The molecule has 2 N–H and O–H groups in total. The third kappa shape index (κ3) is 5.72. The van der Waals surface area contributed by atoms with E-state index in [2.05, 4.69) is 10.0 Å². The van der Waals surface area contributed by atoms with E-state index in [1.54, 1.807) is 42.5 Å². The Bertz CT molecular complexity index is 1430. The molecule has 0 radical (unpaired) electrons. The fraction of sp³-hybridized carbons (Fsp3) is 0. The van der Waals surface area contributed by atoms with E-state index >= 15 is 0 Å². The molecule has 0 spiro atoms. The zero-order valence-electron chi connectivity index (χ0n) is 17.5. The lowest BCUT2D eigenvalue weighted by Crippen LogP contribution is -2.15. The Kier molecular flexibility index (Phi) is 7.12. The Labute approximate surface area is 205 Å². The molecule has 3 aromatic carbocycles. The van der Waals surface area contributed by atoms with Crippen LogP contribution in [-0.4, -0.2) is 14.3 Å². The number of halogens is 2. The third-order valence-electron chi connectivity index (χ3n) is 4.75. The molecule has 1 amide bonds. The first-order valence-electron chi connectivity index (χ1n) is 10.0. The Morgan fingerprint density at radius 1 is 0.912 bits per heavy atom. The number of sulfonamides is 1. The maximum atomic E-state index is 13.3. The van der Waals surface area contributed by atoms with Gasteiger partial charge in [-0.3, -0.25) is 9.52 Å². The minimum absolute atomic E-state index is 0.0192. The number of carbonyl (C=O) groups is 1. The zero-order valence-corrected chi connectivity index (χ0v) is 19.9. The molecular formula is C25H18ClFN2O3S2. The minimum atomic E-state index is -3.86. The van der Waals surface area contributed by atoms with Gasteiger partial charge in [-0.1, -0.05) is 41.9 Å². The highest BCUT2D eigenvalue weighted by Crippen LogP contribution is 2.27. The molecule has 172 valence electrons. The Balaban J connectivity index is 1.54. The molecule has 9 heteroatoms. The molecular weight excluding hydrogens is 495 g/mol. The van der Waals surface area contributed by atoms with Crippen molar-refractivity contribution >= 4 is 61.9 Å². The summed E-state index contributed by atoms with van der Waals surface area (Å²) in [5, 5.41) is 4.92. The van der Waals surface area contributed by atoms with Crippen LogP contribution in [0.5, 0.6) is 0 Å². The molecule has 0 aliphatic rings. The molecule has 0 aliphatic heterocycles. The summed E-state index contributed by atoms with van der Waals surface area (Å²) in [6.07, 6.45) is 1.67. The van der Waals surface area contributed by atoms with Gasteiger partial charge in [0.05, 0.1) is 21.2 Å². The smallest absolute Gasteiger partial charge is 0.261 e. The van der Waals surface area contributed by atoms with Crippen molar-refractivity contribution < 1.29 is 17.6 Å². The van der Waals surface area contributed by atoms with Crippen molar-refractivity contribution in [1.29, 1.82) is 0 Å². The first-order chi connectivity index (χ1) is 16.3. The Morgan fingerprint density at radius 3 is 2.26 bits per heavy atom. The monoisotopic (exact) mass is 512 g/mol. The third-order valence-corrected chi connectivity index (χ3v) is 7.37. The predicted molar refractivity (Wildman–Crippen MR) is 136 cm³/mol. The van der Waals surface area contributed by atoms with Crippen LogP contribution in [0.25, 0.3) is 11.6 Å². The second kappa shape index (κ2) is 10.2. The van der Waals surface area contributed by atoms with E-state index in [1.807, 2.05) is 17.5 Å². The van der Waals surface area contributed by atoms with Crippen molar-refractivity contribution in [3.05, 3.63) is 112 Å². The summed E-state index contributed by atoms with van der Waals surface area (Å²) in [7, 11) is -3.86. The van der Waals surface area contributed by atoms with Crippen LogP contribution in [0.2, 0.25) is 5.02 Å². The minimum Gasteiger partial charge on any atom is -0.322 e. The van der Waals surface area contributed by atoms with E-state index in [0.717, 1.165) is 4.88 Å². The average molecular weight is 513 g/mol. The van der Waals surface area contributed by atoms with Crippen LogP contribution in [0.4, 0.5) is 15.8 Å². The molecule has 0 unspecified atom stereocenters. The Hall–Kier alpha value is -3.46. The van der Waals surface area contributed by atoms with E-state index in [9.17, 15) is 17.6 Å². The summed E-state index contributed by atoms with van der Waals surface area (Å²) in [5.41, 5.74) is 1.77. The molecule has 1 heterocycles. The first-order valence-corrected chi connectivity index (χ1v) is 12.8. The van der Waals surface area contributed by atoms with Gasteiger partial charge in [0.15, 0.2) is 0 Å². The maximum Gasteiger partial charge on any atom is 0.261 e. The second-order valence-electron chi connectivity index (χ2n) is 7.15. The standard InChI is InChI=1S/C25H18ClFN2O3S2/c26-22-4-1-2-5-23(22)29-34(31,32)20-13-11-19(12-14-20)28-25(30)21(24-6-3-15-33-24)16-17-7-9-18(27)10-8-17/h1-16,29H,(H,28,30)/b21-16+. The number of hydrogen-bond acceptors (Lipinski definition) is 4. The molecule has 5 nitrogen and oxygen atoms in total. The summed E-state index contributed by atoms with van der Waals surface area (Å²) < 4.78 is 41.1. The molecule has 0 saturated heterocycles.